The number of hydrogen-bond donors (Lipinski definition) is 3. The molecule has 3 N–H and O–H groups in total. The first kappa shape index (κ1) is 18.3. The fourth-order valence-electron chi connectivity index (χ4n) is 1.11. The summed E-state index contributed by atoms with van der Waals surface area (Å²) in [5.41, 5.74) is 0. The van der Waals surface area contributed by atoms with Crippen LogP contribution in [0.3, 0.4) is 0 Å². The van der Waals surface area contributed by atoms with Crippen LogP contribution in [0, 0.1) is 0 Å². The maximum Gasteiger partial charge on any atom is 0.303 e. The fraction of sp³-hybridized carbons (Fsp3) is 0.833. The minimum absolute atomic E-state index is 0.296. The Morgan fingerprint density at radius 1 is 0.824 bits per heavy atom. The molecule has 0 saturated carbocycles. The van der Waals surface area contributed by atoms with Crippen molar-refractivity contribution < 1.29 is 24.9 Å². The monoisotopic (exact) mass is 248 g/mol. The highest BCUT2D eigenvalue weighted by Crippen LogP contribution is 2.03. The number of aliphatic hydroxyl groups is 1. The van der Waals surface area contributed by atoms with E-state index in [-0.39, 0.29) is 12.8 Å². The van der Waals surface area contributed by atoms with E-state index in [1.807, 2.05) is 0 Å². The zero-order valence-corrected chi connectivity index (χ0v) is 10.5. The van der Waals surface area contributed by atoms with Crippen molar-refractivity contribution in [3.05, 3.63) is 0 Å². The van der Waals surface area contributed by atoms with Crippen LogP contribution in [-0.4, -0.2) is 33.9 Å². The second-order valence-corrected chi connectivity index (χ2v) is 3.78. The van der Waals surface area contributed by atoms with Crippen molar-refractivity contribution in [3.8, 4) is 0 Å². The number of hydrogen-bond acceptors (Lipinski definition) is 3. The van der Waals surface area contributed by atoms with Crippen molar-refractivity contribution in [2.45, 2.75) is 58.3 Å². The minimum Gasteiger partial charge on any atom is -0.481 e. The van der Waals surface area contributed by atoms with Gasteiger partial charge in [0.25, 0.3) is 0 Å². The largest absolute Gasteiger partial charge is 0.481 e. The molecule has 5 nitrogen and oxygen atoms in total. The zero-order chi connectivity index (χ0) is 13.5. The van der Waals surface area contributed by atoms with Gasteiger partial charge in [0.2, 0.25) is 0 Å². The summed E-state index contributed by atoms with van der Waals surface area (Å²) in [6.07, 6.45) is 6.90. The van der Waals surface area contributed by atoms with Crippen molar-refractivity contribution in [2.75, 3.05) is 6.61 Å². The number of carboxylic acid groups (broad SMARTS) is 2. The SMILES string of the molecule is CCCCCCCCO.O=C(O)CCC(=O)O. The van der Waals surface area contributed by atoms with E-state index in [0.717, 1.165) is 6.42 Å². The summed E-state index contributed by atoms with van der Waals surface area (Å²) in [5.74, 6) is -2.15. The van der Waals surface area contributed by atoms with E-state index in [1.54, 1.807) is 0 Å². The van der Waals surface area contributed by atoms with Crippen molar-refractivity contribution in [3.63, 3.8) is 0 Å². The van der Waals surface area contributed by atoms with Gasteiger partial charge in [-0.3, -0.25) is 9.59 Å². The third-order valence-corrected chi connectivity index (χ3v) is 2.06. The van der Waals surface area contributed by atoms with Crippen molar-refractivity contribution in [1.82, 2.24) is 0 Å². The molecule has 0 amide bonds. The molecular weight excluding hydrogens is 224 g/mol. The lowest BCUT2D eigenvalue weighted by atomic mass is 10.1. The van der Waals surface area contributed by atoms with Gasteiger partial charge < -0.3 is 15.3 Å². The van der Waals surface area contributed by atoms with Gasteiger partial charge in [-0.15, -0.1) is 0 Å². The average molecular weight is 248 g/mol. The Balaban J connectivity index is 0. The summed E-state index contributed by atoms with van der Waals surface area (Å²) in [6.45, 7) is 2.58. The standard InChI is InChI=1S/C8H18O.C4H6O4/c1-2-3-4-5-6-7-8-9;5-3(6)1-2-4(7)8/h9H,2-8H2,1H3;1-2H2,(H,5,6)(H,7,8). The summed E-state index contributed by atoms with van der Waals surface area (Å²) < 4.78 is 0. The van der Waals surface area contributed by atoms with Crippen LogP contribution in [0.25, 0.3) is 0 Å². The Bertz CT molecular complexity index is 171. The molecule has 0 radical (unpaired) electrons. The molecule has 0 spiro atoms. The maximum absolute atomic E-state index is 9.64. The van der Waals surface area contributed by atoms with Gasteiger partial charge in [-0.25, -0.2) is 0 Å². The van der Waals surface area contributed by atoms with Crippen molar-refractivity contribution >= 4 is 11.9 Å². The molecule has 0 atom stereocenters. The van der Waals surface area contributed by atoms with Crippen LogP contribution in [0.5, 0.6) is 0 Å². The Labute approximate surface area is 102 Å². The number of carboxylic acids is 2. The first-order valence-electron chi connectivity index (χ1n) is 6.09. The molecule has 0 aromatic rings. The number of rotatable bonds is 9. The molecular formula is C12H24O5. The zero-order valence-electron chi connectivity index (χ0n) is 10.5. The summed E-state index contributed by atoms with van der Waals surface area (Å²) >= 11 is 0. The van der Waals surface area contributed by atoms with Crippen LogP contribution in [0.4, 0.5) is 0 Å². The molecule has 0 aromatic heterocycles. The molecule has 102 valence electrons. The average Bonchev–Trinajstić information content (AvgIpc) is 2.27. The summed E-state index contributed by atoms with van der Waals surface area (Å²) in [7, 11) is 0. The highest BCUT2D eigenvalue weighted by molar-refractivity contribution is 5.75. The van der Waals surface area contributed by atoms with Crippen LogP contribution < -0.4 is 0 Å². The lowest BCUT2D eigenvalue weighted by molar-refractivity contribution is -0.143. The third kappa shape index (κ3) is 25.3. The van der Waals surface area contributed by atoms with E-state index in [1.165, 1.54) is 32.1 Å². The van der Waals surface area contributed by atoms with Gasteiger partial charge in [-0.2, -0.15) is 0 Å². The van der Waals surface area contributed by atoms with Gasteiger partial charge in [-0.05, 0) is 6.42 Å². The smallest absolute Gasteiger partial charge is 0.303 e. The predicted molar refractivity (Wildman–Crippen MR) is 65.0 cm³/mol. The Morgan fingerprint density at radius 2 is 1.24 bits per heavy atom. The van der Waals surface area contributed by atoms with E-state index >= 15 is 0 Å². The molecule has 17 heavy (non-hydrogen) atoms. The number of aliphatic hydroxyl groups excluding tert-OH is 1. The van der Waals surface area contributed by atoms with Gasteiger partial charge in [-0.1, -0.05) is 39.0 Å². The van der Waals surface area contributed by atoms with Crippen molar-refractivity contribution in [1.29, 1.82) is 0 Å². The molecule has 0 aromatic carbocycles. The third-order valence-electron chi connectivity index (χ3n) is 2.06. The Morgan fingerprint density at radius 3 is 1.59 bits per heavy atom. The number of carbonyl (C=O) groups is 2. The van der Waals surface area contributed by atoms with Crippen molar-refractivity contribution in [2.24, 2.45) is 0 Å². The van der Waals surface area contributed by atoms with Crippen LogP contribution in [0.2, 0.25) is 0 Å². The molecule has 0 aliphatic heterocycles. The van der Waals surface area contributed by atoms with Gasteiger partial charge in [0, 0.05) is 6.61 Å². The van der Waals surface area contributed by atoms with Crippen LogP contribution in [0.15, 0.2) is 0 Å². The summed E-state index contributed by atoms with van der Waals surface area (Å²) in [5, 5.41) is 24.2. The molecule has 0 aliphatic carbocycles. The van der Waals surface area contributed by atoms with Crippen LogP contribution in [-0.2, 0) is 9.59 Å². The van der Waals surface area contributed by atoms with Gasteiger partial charge in [0.15, 0.2) is 0 Å². The summed E-state index contributed by atoms with van der Waals surface area (Å²) in [6, 6.07) is 0. The van der Waals surface area contributed by atoms with E-state index in [2.05, 4.69) is 6.92 Å². The Kier molecular flexibility index (Phi) is 16.0. The second-order valence-electron chi connectivity index (χ2n) is 3.78. The molecule has 0 fully saturated rings. The molecule has 0 rings (SSSR count). The number of aliphatic carboxylic acids is 2. The first-order valence-corrected chi connectivity index (χ1v) is 6.09. The van der Waals surface area contributed by atoms with E-state index in [4.69, 9.17) is 15.3 Å². The highest BCUT2D eigenvalue weighted by atomic mass is 16.4. The second kappa shape index (κ2) is 14.9. The highest BCUT2D eigenvalue weighted by Gasteiger charge is 2.00. The van der Waals surface area contributed by atoms with Gasteiger partial charge in [0.1, 0.15) is 0 Å². The topological polar surface area (TPSA) is 94.8 Å². The molecule has 5 heteroatoms. The van der Waals surface area contributed by atoms with Crippen LogP contribution >= 0.6 is 0 Å². The van der Waals surface area contributed by atoms with E-state index in [0.29, 0.717) is 6.61 Å². The van der Waals surface area contributed by atoms with Crippen LogP contribution in [0.1, 0.15) is 58.3 Å². The first-order chi connectivity index (χ1) is 8.04. The van der Waals surface area contributed by atoms with Gasteiger partial charge >= 0.3 is 11.9 Å². The molecule has 0 aliphatic rings. The number of unbranched alkanes of at least 4 members (excludes halogenated alkanes) is 5. The molecule has 0 unspecified atom stereocenters. The summed E-state index contributed by atoms with van der Waals surface area (Å²) in [4.78, 5) is 19.3. The molecule has 0 saturated heterocycles. The molecule has 0 bridgehead atoms. The fourth-order valence-corrected chi connectivity index (χ4v) is 1.11. The quantitative estimate of drug-likeness (QED) is 0.544. The predicted octanol–water partition coefficient (Wildman–Crippen LogP) is 2.27. The van der Waals surface area contributed by atoms with E-state index < -0.39 is 11.9 Å². The van der Waals surface area contributed by atoms with Gasteiger partial charge in [0.05, 0.1) is 12.8 Å². The normalized spacial score (nSPS) is 9.29. The lowest BCUT2D eigenvalue weighted by Gasteiger charge is -1.95. The minimum atomic E-state index is -1.08. The lowest BCUT2D eigenvalue weighted by Crippen LogP contribution is -2.00. The molecule has 0 heterocycles. The van der Waals surface area contributed by atoms with E-state index in [9.17, 15) is 9.59 Å². The maximum atomic E-state index is 9.64. The Hall–Kier alpha value is -1.10.